The molecule has 0 unspecified atom stereocenters. The summed E-state index contributed by atoms with van der Waals surface area (Å²) in [6.45, 7) is 3.96. The van der Waals surface area contributed by atoms with Crippen LogP contribution in [0.5, 0.6) is 5.75 Å². The average molecular weight is 177 g/mol. The lowest BCUT2D eigenvalue weighted by Crippen LogP contribution is -2.31. The molecule has 0 amide bonds. The van der Waals surface area contributed by atoms with E-state index in [1.165, 1.54) is 5.56 Å². The Balaban J connectivity index is 2.29. The summed E-state index contributed by atoms with van der Waals surface area (Å²) in [7, 11) is 2.14. The highest BCUT2D eigenvalue weighted by atomic mass is 16.5. The van der Waals surface area contributed by atoms with Gasteiger partial charge in [-0.25, -0.2) is 0 Å². The summed E-state index contributed by atoms with van der Waals surface area (Å²) in [5.74, 6) is 1.04. The second-order valence-electron chi connectivity index (χ2n) is 3.68. The SMILES string of the molecule is C[C@@H]1COc2ccccc2CN1C. The maximum absolute atomic E-state index is 5.69. The van der Waals surface area contributed by atoms with Crippen LogP contribution in [0, 0.1) is 0 Å². The number of fused-ring (bicyclic) bond motifs is 1. The lowest BCUT2D eigenvalue weighted by Gasteiger charge is -2.19. The minimum atomic E-state index is 0.493. The predicted octanol–water partition coefficient (Wildman–Crippen LogP) is 1.90. The summed E-state index contributed by atoms with van der Waals surface area (Å²) in [5.41, 5.74) is 1.29. The summed E-state index contributed by atoms with van der Waals surface area (Å²) in [6.07, 6.45) is 0. The fourth-order valence-corrected chi connectivity index (χ4v) is 1.54. The lowest BCUT2D eigenvalue weighted by molar-refractivity contribution is 0.189. The fourth-order valence-electron chi connectivity index (χ4n) is 1.54. The molecule has 0 bridgehead atoms. The van der Waals surface area contributed by atoms with Crippen molar-refractivity contribution >= 4 is 0 Å². The van der Waals surface area contributed by atoms with E-state index in [2.05, 4.69) is 31.0 Å². The van der Waals surface area contributed by atoms with E-state index >= 15 is 0 Å². The third kappa shape index (κ3) is 1.68. The molecule has 0 saturated carbocycles. The zero-order valence-corrected chi connectivity index (χ0v) is 8.16. The van der Waals surface area contributed by atoms with Crippen molar-refractivity contribution in [3.8, 4) is 5.75 Å². The molecule has 0 saturated heterocycles. The number of nitrogens with zero attached hydrogens (tertiary/aromatic N) is 1. The summed E-state index contributed by atoms with van der Waals surface area (Å²) < 4.78 is 5.69. The average Bonchev–Trinajstić information content (AvgIpc) is 2.28. The number of hydrogen-bond acceptors (Lipinski definition) is 2. The molecule has 0 radical (unpaired) electrons. The molecule has 0 aliphatic carbocycles. The number of para-hydroxylation sites is 1. The highest BCUT2D eigenvalue weighted by Gasteiger charge is 2.17. The van der Waals surface area contributed by atoms with Crippen LogP contribution in [0.2, 0.25) is 0 Å². The quantitative estimate of drug-likeness (QED) is 0.600. The van der Waals surface area contributed by atoms with E-state index < -0.39 is 0 Å². The molecule has 1 atom stereocenters. The summed E-state index contributed by atoms with van der Waals surface area (Å²) in [6, 6.07) is 8.75. The zero-order chi connectivity index (χ0) is 9.26. The third-order valence-electron chi connectivity index (χ3n) is 2.62. The molecule has 13 heavy (non-hydrogen) atoms. The van der Waals surface area contributed by atoms with Gasteiger partial charge in [-0.1, -0.05) is 18.2 Å². The van der Waals surface area contributed by atoms with Crippen LogP contribution in [0.3, 0.4) is 0 Å². The number of likely N-dealkylation sites (N-methyl/N-ethyl adjacent to an activating group) is 1. The molecule has 2 nitrogen and oxygen atoms in total. The van der Waals surface area contributed by atoms with E-state index in [1.54, 1.807) is 0 Å². The Kier molecular flexibility index (Phi) is 2.23. The van der Waals surface area contributed by atoms with Crippen molar-refractivity contribution in [2.24, 2.45) is 0 Å². The van der Waals surface area contributed by atoms with Gasteiger partial charge in [0.1, 0.15) is 12.4 Å². The molecule has 2 heteroatoms. The minimum Gasteiger partial charge on any atom is -0.492 e. The van der Waals surface area contributed by atoms with Crippen LogP contribution in [-0.2, 0) is 6.54 Å². The topological polar surface area (TPSA) is 12.5 Å². The van der Waals surface area contributed by atoms with E-state index in [9.17, 15) is 0 Å². The van der Waals surface area contributed by atoms with E-state index in [0.29, 0.717) is 6.04 Å². The van der Waals surface area contributed by atoms with Crippen molar-refractivity contribution in [3.63, 3.8) is 0 Å². The van der Waals surface area contributed by atoms with Crippen LogP contribution in [0.4, 0.5) is 0 Å². The molecule has 0 fully saturated rings. The molecule has 2 rings (SSSR count). The van der Waals surface area contributed by atoms with Crippen molar-refractivity contribution in [2.45, 2.75) is 19.5 Å². The van der Waals surface area contributed by atoms with Gasteiger partial charge < -0.3 is 4.74 Å². The van der Waals surface area contributed by atoms with Crippen molar-refractivity contribution in [1.29, 1.82) is 0 Å². The summed E-state index contributed by atoms with van der Waals surface area (Å²) in [5, 5.41) is 0. The summed E-state index contributed by atoms with van der Waals surface area (Å²) >= 11 is 0. The molecule has 70 valence electrons. The first-order chi connectivity index (χ1) is 6.27. The van der Waals surface area contributed by atoms with Crippen LogP contribution < -0.4 is 4.74 Å². The van der Waals surface area contributed by atoms with Gasteiger partial charge in [-0.3, -0.25) is 4.90 Å². The Morgan fingerprint density at radius 3 is 3.00 bits per heavy atom. The van der Waals surface area contributed by atoms with Gasteiger partial charge in [0.2, 0.25) is 0 Å². The third-order valence-corrected chi connectivity index (χ3v) is 2.62. The van der Waals surface area contributed by atoms with E-state index in [-0.39, 0.29) is 0 Å². The molecule has 0 spiro atoms. The van der Waals surface area contributed by atoms with Gasteiger partial charge in [0.15, 0.2) is 0 Å². The minimum absolute atomic E-state index is 0.493. The molecular formula is C11H15NO. The predicted molar refractivity (Wildman–Crippen MR) is 52.9 cm³/mol. The van der Waals surface area contributed by atoms with Gasteiger partial charge in [-0.05, 0) is 20.0 Å². The Morgan fingerprint density at radius 1 is 1.38 bits per heavy atom. The van der Waals surface area contributed by atoms with E-state index in [4.69, 9.17) is 4.74 Å². The Hall–Kier alpha value is -1.02. The zero-order valence-electron chi connectivity index (χ0n) is 8.16. The van der Waals surface area contributed by atoms with Gasteiger partial charge in [-0.15, -0.1) is 0 Å². The first-order valence-electron chi connectivity index (χ1n) is 4.68. The molecule has 1 aromatic rings. The monoisotopic (exact) mass is 177 g/mol. The molecule has 1 aliphatic rings. The molecular weight excluding hydrogens is 162 g/mol. The molecule has 1 heterocycles. The van der Waals surface area contributed by atoms with Gasteiger partial charge >= 0.3 is 0 Å². The van der Waals surface area contributed by atoms with Crippen LogP contribution in [0.15, 0.2) is 24.3 Å². The van der Waals surface area contributed by atoms with Gasteiger partial charge in [0.25, 0.3) is 0 Å². The first-order valence-corrected chi connectivity index (χ1v) is 4.68. The van der Waals surface area contributed by atoms with Crippen molar-refractivity contribution < 1.29 is 4.74 Å². The summed E-state index contributed by atoms with van der Waals surface area (Å²) in [4.78, 5) is 2.31. The normalized spacial score (nSPS) is 23.1. The Bertz CT molecular complexity index is 298. The van der Waals surface area contributed by atoms with E-state index in [0.717, 1.165) is 18.9 Å². The number of rotatable bonds is 0. The number of hydrogen-bond donors (Lipinski definition) is 0. The molecule has 1 aliphatic heterocycles. The molecule has 0 N–H and O–H groups in total. The van der Waals surface area contributed by atoms with Crippen molar-refractivity contribution in [3.05, 3.63) is 29.8 Å². The Morgan fingerprint density at radius 2 is 2.15 bits per heavy atom. The maximum Gasteiger partial charge on any atom is 0.123 e. The second kappa shape index (κ2) is 3.38. The van der Waals surface area contributed by atoms with Crippen LogP contribution in [-0.4, -0.2) is 24.6 Å². The van der Waals surface area contributed by atoms with Gasteiger partial charge in [0, 0.05) is 18.2 Å². The molecule has 0 aromatic heterocycles. The first kappa shape index (κ1) is 8.57. The maximum atomic E-state index is 5.69. The molecule has 1 aromatic carbocycles. The lowest BCUT2D eigenvalue weighted by atomic mass is 10.2. The van der Waals surface area contributed by atoms with E-state index in [1.807, 2.05) is 12.1 Å². The van der Waals surface area contributed by atoms with Crippen LogP contribution >= 0.6 is 0 Å². The number of benzene rings is 1. The Labute approximate surface area is 79.1 Å². The van der Waals surface area contributed by atoms with Gasteiger partial charge in [0.05, 0.1) is 0 Å². The second-order valence-corrected chi connectivity index (χ2v) is 3.68. The fraction of sp³-hybridized carbons (Fsp3) is 0.455. The number of ether oxygens (including phenoxy) is 1. The highest BCUT2D eigenvalue weighted by Crippen LogP contribution is 2.23. The smallest absolute Gasteiger partial charge is 0.123 e. The van der Waals surface area contributed by atoms with Crippen molar-refractivity contribution in [1.82, 2.24) is 4.90 Å². The standard InChI is InChI=1S/C11H15NO/c1-9-8-13-11-6-4-3-5-10(11)7-12(9)2/h3-6,9H,7-8H2,1-2H3/t9-/m1/s1. The largest absolute Gasteiger partial charge is 0.492 e. The van der Waals surface area contributed by atoms with Crippen molar-refractivity contribution in [2.75, 3.05) is 13.7 Å². The van der Waals surface area contributed by atoms with Crippen LogP contribution in [0.1, 0.15) is 12.5 Å². The van der Waals surface area contributed by atoms with Crippen LogP contribution in [0.25, 0.3) is 0 Å². The highest BCUT2D eigenvalue weighted by molar-refractivity contribution is 5.33. The van der Waals surface area contributed by atoms with Gasteiger partial charge in [-0.2, -0.15) is 0 Å².